The summed E-state index contributed by atoms with van der Waals surface area (Å²) in [6.07, 6.45) is 3.84. The third kappa shape index (κ3) is 4.41. The normalized spacial score (nSPS) is 22.9. The Morgan fingerprint density at radius 1 is 1.12 bits per heavy atom. The van der Waals surface area contributed by atoms with Gasteiger partial charge in [-0.15, -0.1) is 10.2 Å². The van der Waals surface area contributed by atoms with E-state index in [4.69, 9.17) is 4.74 Å². The van der Waals surface area contributed by atoms with Gasteiger partial charge in [-0.2, -0.15) is 13.2 Å². The summed E-state index contributed by atoms with van der Waals surface area (Å²) in [4.78, 5) is 19.1. The van der Waals surface area contributed by atoms with Crippen LogP contribution < -0.4 is 5.56 Å². The van der Waals surface area contributed by atoms with Gasteiger partial charge < -0.3 is 14.3 Å². The van der Waals surface area contributed by atoms with Gasteiger partial charge in [0.1, 0.15) is 17.7 Å². The molecule has 3 fully saturated rings. The predicted molar refractivity (Wildman–Crippen MR) is 147 cm³/mol. The SMILES string of the molecule is Cn1cnnc1C1(c2cccc(-n3cc(C(F)(F)F)c4cc(CN5CCCC6(CCOC6)C5)[nH]c4c3=O)c2)CCC1. The number of halogens is 3. The number of aryl methyl sites for hydroxylation is 1. The van der Waals surface area contributed by atoms with Crippen LogP contribution in [0.4, 0.5) is 13.2 Å². The summed E-state index contributed by atoms with van der Waals surface area (Å²) in [6, 6.07) is 8.76. The predicted octanol–water partition coefficient (Wildman–Crippen LogP) is 4.94. The standard InChI is InChI=1S/C30H33F3N6O2/c1-37-19-34-36-27(37)29(8-3-9-29)20-5-2-6-22(13-20)39-16-24(30(31,32)33)23-14-21(35-25(23)26(39)40)15-38-11-4-7-28(17-38)10-12-41-18-28/h2,5-6,13-14,16,19,35H,3-4,7-12,15,17-18H2,1H3. The molecule has 3 aliphatic rings. The van der Waals surface area contributed by atoms with Crippen LogP contribution in [0, 0.1) is 5.41 Å². The molecule has 1 unspecified atom stereocenters. The molecule has 8 nitrogen and oxygen atoms in total. The maximum absolute atomic E-state index is 14.4. The molecule has 0 bridgehead atoms. The first kappa shape index (κ1) is 26.5. The molecule has 1 saturated carbocycles. The Kier molecular flexibility index (Phi) is 6.17. The van der Waals surface area contributed by atoms with E-state index in [9.17, 15) is 18.0 Å². The molecule has 0 radical (unpaired) electrons. The molecule has 1 aliphatic carbocycles. The van der Waals surface area contributed by atoms with E-state index >= 15 is 0 Å². The lowest BCUT2D eigenvalue weighted by Crippen LogP contribution is -2.43. The Labute approximate surface area is 235 Å². The van der Waals surface area contributed by atoms with Gasteiger partial charge in [0.15, 0.2) is 0 Å². The minimum Gasteiger partial charge on any atom is -0.381 e. The van der Waals surface area contributed by atoms with Crippen molar-refractivity contribution >= 4 is 10.9 Å². The minimum absolute atomic E-state index is 0.0252. The average molecular weight is 567 g/mol. The first-order valence-electron chi connectivity index (χ1n) is 14.3. The molecule has 3 aromatic heterocycles. The molecule has 2 saturated heterocycles. The molecule has 0 amide bonds. The maximum Gasteiger partial charge on any atom is 0.418 e. The Balaban J connectivity index is 1.28. The van der Waals surface area contributed by atoms with E-state index in [0.717, 1.165) is 87.0 Å². The van der Waals surface area contributed by atoms with Crippen molar-refractivity contribution in [3.05, 3.63) is 75.9 Å². The van der Waals surface area contributed by atoms with Gasteiger partial charge in [0, 0.05) is 55.1 Å². The number of ether oxygens (including phenoxy) is 1. The number of rotatable bonds is 5. The van der Waals surface area contributed by atoms with Gasteiger partial charge in [0.2, 0.25) is 0 Å². The van der Waals surface area contributed by atoms with Crippen molar-refractivity contribution in [1.29, 1.82) is 0 Å². The van der Waals surface area contributed by atoms with Crippen molar-refractivity contribution in [1.82, 2.24) is 29.2 Å². The van der Waals surface area contributed by atoms with Crippen LogP contribution in [0.25, 0.3) is 16.6 Å². The highest BCUT2D eigenvalue weighted by molar-refractivity contribution is 5.84. The Hall–Kier alpha value is -3.44. The highest BCUT2D eigenvalue weighted by Gasteiger charge is 2.44. The molecule has 1 spiro atoms. The van der Waals surface area contributed by atoms with Crippen molar-refractivity contribution in [2.75, 3.05) is 26.3 Å². The number of hydrogen-bond donors (Lipinski definition) is 1. The zero-order chi connectivity index (χ0) is 28.4. The molecule has 41 heavy (non-hydrogen) atoms. The Morgan fingerprint density at radius 3 is 2.66 bits per heavy atom. The van der Waals surface area contributed by atoms with E-state index in [0.29, 0.717) is 17.9 Å². The second-order valence-corrected chi connectivity index (χ2v) is 12.2. The van der Waals surface area contributed by atoms with Crippen LogP contribution in [-0.2, 0) is 29.9 Å². The number of pyridine rings is 1. The minimum atomic E-state index is -4.63. The molecule has 1 N–H and O–H groups in total. The van der Waals surface area contributed by atoms with Gasteiger partial charge in [0.25, 0.3) is 5.56 Å². The summed E-state index contributed by atoms with van der Waals surface area (Å²) >= 11 is 0. The summed E-state index contributed by atoms with van der Waals surface area (Å²) in [7, 11) is 1.89. The summed E-state index contributed by atoms with van der Waals surface area (Å²) in [5.41, 5.74) is 0.315. The fourth-order valence-corrected chi connectivity index (χ4v) is 7.27. The third-order valence-corrected chi connectivity index (χ3v) is 9.50. The average Bonchev–Trinajstić information content (AvgIpc) is 3.65. The number of piperidine rings is 1. The number of fused-ring (bicyclic) bond motifs is 1. The Bertz CT molecular complexity index is 1660. The summed E-state index contributed by atoms with van der Waals surface area (Å²) in [6.45, 7) is 3.67. The van der Waals surface area contributed by atoms with Crippen LogP contribution in [0.2, 0.25) is 0 Å². The zero-order valence-corrected chi connectivity index (χ0v) is 23.0. The molecule has 1 atom stereocenters. The van der Waals surface area contributed by atoms with Crippen molar-refractivity contribution < 1.29 is 17.9 Å². The molecule has 1 aromatic carbocycles. The smallest absolute Gasteiger partial charge is 0.381 e. The number of aromatic amines is 1. The van der Waals surface area contributed by atoms with E-state index in [1.54, 1.807) is 18.5 Å². The number of H-pyrrole nitrogens is 1. The third-order valence-electron chi connectivity index (χ3n) is 9.50. The van der Waals surface area contributed by atoms with Gasteiger partial charge in [-0.05, 0) is 62.4 Å². The molecule has 4 aromatic rings. The zero-order valence-electron chi connectivity index (χ0n) is 23.0. The lowest BCUT2D eigenvalue weighted by Gasteiger charge is -2.41. The van der Waals surface area contributed by atoms with Gasteiger partial charge in [-0.25, -0.2) is 0 Å². The highest BCUT2D eigenvalue weighted by Crippen LogP contribution is 2.48. The lowest BCUT2D eigenvalue weighted by atomic mass is 9.63. The number of benzene rings is 1. The van der Waals surface area contributed by atoms with Crippen molar-refractivity contribution in [2.24, 2.45) is 12.5 Å². The van der Waals surface area contributed by atoms with Crippen molar-refractivity contribution in [3.63, 3.8) is 0 Å². The van der Waals surface area contributed by atoms with Gasteiger partial charge in [-0.3, -0.25) is 14.3 Å². The van der Waals surface area contributed by atoms with Crippen molar-refractivity contribution in [2.45, 2.75) is 56.7 Å². The molecule has 7 rings (SSSR count). The fraction of sp³-hybridized carbons (Fsp3) is 0.500. The summed E-state index contributed by atoms with van der Waals surface area (Å²) in [5, 5.41) is 8.31. The van der Waals surface area contributed by atoms with Crippen LogP contribution in [0.1, 0.15) is 61.2 Å². The van der Waals surface area contributed by atoms with Crippen LogP contribution in [0.5, 0.6) is 0 Å². The number of hydrogen-bond acceptors (Lipinski definition) is 5. The molecule has 11 heteroatoms. The van der Waals surface area contributed by atoms with E-state index in [1.807, 2.05) is 23.7 Å². The first-order chi connectivity index (χ1) is 19.7. The second kappa shape index (κ2) is 9.55. The van der Waals surface area contributed by atoms with E-state index < -0.39 is 17.3 Å². The monoisotopic (exact) mass is 566 g/mol. The van der Waals surface area contributed by atoms with Crippen LogP contribution in [0.15, 0.2) is 47.7 Å². The van der Waals surface area contributed by atoms with E-state index in [1.165, 1.54) is 6.07 Å². The lowest BCUT2D eigenvalue weighted by molar-refractivity contribution is -0.136. The molecular formula is C30H33F3N6O2. The number of nitrogens with one attached hydrogen (secondary N) is 1. The van der Waals surface area contributed by atoms with E-state index in [-0.39, 0.29) is 21.7 Å². The maximum atomic E-state index is 14.4. The van der Waals surface area contributed by atoms with Crippen molar-refractivity contribution in [3.8, 4) is 5.69 Å². The molecule has 216 valence electrons. The van der Waals surface area contributed by atoms with Crippen LogP contribution in [-0.4, -0.2) is 55.5 Å². The summed E-state index contributed by atoms with van der Waals surface area (Å²) in [5.74, 6) is 0.817. The topological polar surface area (TPSA) is 81.0 Å². The molecule has 2 aliphatic heterocycles. The van der Waals surface area contributed by atoms with Crippen LogP contribution in [0.3, 0.4) is 0 Å². The molecule has 5 heterocycles. The quantitative estimate of drug-likeness (QED) is 0.370. The Morgan fingerprint density at radius 2 is 1.98 bits per heavy atom. The number of likely N-dealkylation sites (tertiary alicyclic amines) is 1. The largest absolute Gasteiger partial charge is 0.418 e. The number of aromatic nitrogens is 5. The number of alkyl halides is 3. The summed E-state index contributed by atoms with van der Waals surface area (Å²) < 4.78 is 51.9. The van der Waals surface area contributed by atoms with Crippen LogP contribution >= 0.6 is 0 Å². The highest BCUT2D eigenvalue weighted by atomic mass is 19.4. The van der Waals surface area contributed by atoms with Gasteiger partial charge in [0.05, 0.1) is 17.6 Å². The van der Waals surface area contributed by atoms with E-state index in [2.05, 4.69) is 20.1 Å². The van der Waals surface area contributed by atoms with Gasteiger partial charge in [-0.1, -0.05) is 18.6 Å². The van der Waals surface area contributed by atoms with Gasteiger partial charge >= 0.3 is 6.18 Å². The molecular weight excluding hydrogens is 533 g/mol. The number of nitrogens with zero attached hydrogens (tertiary/aromatic N) is 5. The fourth-order valence-electron chi connectivity index (χ4n) is 7.27. The second-order valence-electron chi connectivity index (χ2n) is 12.2. The first-order valence-corrected chi connectivity index (χ1v) is 14.3.